The van der Waals surface area contributed by atoms with Gasteiger partial charge in [0.25, 0.3) is 5.91 Å². The Kier molecular flexibility index (Phi) is 3.99. The van der Waals surface area contributed by atoms with Crippen LogP contribution in [0.25, 0.3) is 0 Å². The minimum atomic E-state index is -0.976. The molecule has 2 N–H and O–H groups in total. The fraction of sp³-hybridized carbons (Fsp3) is 0.273. The lowest BCUT2D eigenvalue weighted by Gasteiger charge is -2.06. The molecule has 0 spiro atoms. The van der Waals surface area contributed by atoms with E-state index < -0.39 is 17.7 Å². The molecule has 1 aromatic carbocycles. The van der Waals surface area contributed by atoms with Crippen molar-refractivity contribution in [2.45, 2.75) is 13.3 Å². The van der Waals surface area contributed by atoms with Gasteiger partial charge in [-0.1, -0.05) is 0 Å². The van der Waals surface area contributed by atoms with Gasteiger partial charge in [0.05, 0.1) is 6.42 Å². The van der Waals surface area contributed by atoms with E-state index in [0.29, 0.717) is 11.1 Å². The first-order chi connectivity index (χ1) is 7.50. The Morgan fingerprint density at radius 1 is 1.44 bits per heavy atom. The van der Waals surface area contributed by atoms with Crippen molar-refractivity contribution in [1.29, 1.82) is 0 Å². The number of nitrogens with one attached hydrogen (secondary N) is 1. The van der Waals surface area contributed by atoms with E-state index in [1.165, 1.54) is 18.2 Å². The average Bonchev–Trinajstić information content (AvgIpc) is 2.16. The van der Waals surface area contributed by atoms with Gasteiger partial charge in [-0.05, 0) is 30.7 Å². The fourth-order valence-electron chi connectivity index (χ4n) is 1.26. The minimum absolute atomic E-state index is 0.0605. The number of carbonyl (C=O) groups is 2. The first-order valence-electron chi connectivity index (χ1n) is 4.77. The van der Waals surface area contributed by atoms with Crippen LogP contribution in [-0.2, 0) is 4.79 Å². The van der Waals surface area contributed by atoms with Gasteiger partial charge in [0.1, 0.15) is 5.82 Å². The van der Waals surface area contributed by atoms with E-state index in [-0.39, 0.29) is 13.0 Å². The van der Waals surface area contributed by atoms with Crippen molar-refractivity contribution in [1.82, 2.24) is 5.32 Å². The Labute approximate surface area is 92.1 Å². The van der Waals surface area contributed by atoms with E-state index in [1.807, 2.05) is 0 Å². The lowest BCUT2D eigenvalue weighted by molar-refractivity contribution is -0.136. The predicted octanol–water partition coefficient (Wildman–Crippen LogP) is 1.34. The minimum Gasteiger partial charge on any atom is -0.481 e. The molecule has 1 rings (SSSR count). The van der Waals surface area contributed by atoms with E-state index >= 15 is 0 Å². The Morgan fingerprint density at radius 3 is 2.69 bits per heavy atom. The molecule has 5 heteroatoms. The van der Waals surface area contributed by atoms with Crippen LogP contribution in [0.4, 0.5) is 4.39 Å². The summed E-state index contributed by atoms with van der Waals surface area (Å²) in [7, 11) is 0. The molecule has 0 radical (unpaired) electrons. The van der Waals surface area contributed by atoms with Crippen molar-refractivity contribution in [3.8, 4) is 0 Å². The van der Waals surface area contributed by atoms with Gasteiger partial charge < -0.3 is 10.4 Å². The number of carbonyl (C=O) groups excluding carboxylic acids is 1. The summed E-state index contributed by atoms with van der Waals surface area (Å²) in [6.07, 6.45) is -0.133. The van der Waals surface area contributed by atoms with Crippen molar-refractivity contribution < 1.29 is 19.1 Å². The van der Waals surface area contributed by atoms with E-state index in [2.05, 4.69) is 5.32 Å². The van der Waals surface area contributed by atoms with Gasteiger partial charge >= 0.3 is 5.97 Å². The standard InChI is InChI=1S/C11H12FNO3/c1-7-6-8(12)2-3-9(7)11(16)13-5-4-10(14)15/h2-3,6H,4-5H2,1H3,(H,13,16)(H,14,15). The van der Waals surface area contributed by atoms with Crippen LogP contribution in [0.15, 0.2) is 18.2 Å². The van der Waals surface area contributed by atoms with Crippen molar-refractivity contribution >= 4 is 11.9 Å². The highest BCUT2D eigenvalue weighted by Crippen LogP contribution is 2.09. The quantitative estimate of drug-likeness (QED) is 0.812. The second-order valence-electron chi connectivity index (χ2n) is 3.36. The molecule has 86 valence electrons. The molecule has 0 saturated heterocycles. The highest BCUT2D eigenvalue weighted by Gasteiger charge is 2.09. The number of amides is 1. The lowest BCUT2D eigenvalue weighted by atomic mass is 10.1. The number of aliphatic carboxylic acids is 1. The van der Waals surface area contributed by atoms with Crippen LogP contribution in [0.3, 0.4) is 0 Å². The second-order valence-corrected chi connectivity index (χ2v) is 3.36. The van der Waals surface area contributed by atoms with Gasteiger partial charge in [-0.15, -0.1) is 0 Å². The molecule has 1 amide bonds. The maximum Gasteiger partial charge on any atom is 0.305 e. The number of carboxylic acid groups (broad SMARTS) is 1. The molecule has 0 aliphatic carbocycles. The summed E-state index contributed by atoms with van der Waals surface area (Å²) in [5.74, 6) is -1.77. The molecule has 0 aliphatic heterocycles. The van der Waals surface area contributed by atoms with E-state index in [9.17, 15) is 14.0 Å². The Hall–Kier alpha value is -1.91. The maximum absolute atomic E-state index is 12.8. The first-order valence-corrected chi connectivity index (χ1v) is 4.77. The zero-order chi connectivity index (χ0) is 12.1. The molecular weight excluding hydrogens is 213 g/mol. The van der Waals surface area contributed by atoms with Gasteiger partial charge in [0, 0.05) is 12.1 Å². The maximum atomic E-state index is 12.8. The molecule has 0 bridgehead atoms. The molecule has 4 nitrogen and oxygen atoms in total. The molecule has 16 heavy (non-hydrogen) atoms. The number of benzene rings is 1. The molecule has 0 fully saturated rings. The van der Waals surface area contributed by atoms with Crippen molar-refractivity contribution in [3.05, 3.63) is 35.1 Å². The predicted molar refractivity (Wildman–Crippen MR) is 55.7 cm³/mol. The number of halogens is 1. The SMILES string of the molecule is Cc1cc(F)ccc1C(=O)NCCC(=O)O. The summed E-state index contributed by atoms with van der Waals surface area (Å²) in [4.78, 5) is 21.8. The number of hydrogen-bond acceptors (Lipinski definition) is 2. The summed E-state index contributed by atoms with van der Waals surface area (Å²) < 4.78 is 12.8. The first kappa shape index (κ1) is 12.2. The molecule has 0 aromatic heterocycles. The largest absolute Gasteiger partial charge is 0.481 e. The number of aryl methyl sites for hydroxylation is 1. The van der Waals surface area contributed by atoms with Crippen LogP contribution in [0.5, 0.6) is 0 Å². The molecule has 0 atom stereocenters. The van der Waals surface area contributed by atoms with Crippen LogP contribution in [-0.4, -0.2) is 23.5 Å². The summed E-state index contributed by atoms with van der Waals surface area (Å²) in [5, 5.41) is 10.8. The van der Waals surface area contributed by atoms with E-state index in [0.717, 1.165) is 0 Å². The van der Waals surface area contributed by atoms with Crippen LogP contribution in [0.1, 0.15) is 22.3 Å². The zero-order valence-corrected chi connectivity index (χ0v) is 8.79. The van der Waals surface area contributed by atoms with Gasteiger partial charge in [0.15, 0.2) is 0 Å². The van der Waals surface area contributed by atoms with Gasteiger partial charge in [-0.25, -0.2) is 4.39 Å². The number of rotatable bonds is 4. The van der Waals surface area contributed by atoms with Crippen LogP contribution >= 0.6 is 0 Å². The van der Waals surface area contributed by atoms with Crippen molar-refractivity contribution in [2.75, 3.05) is 6.54 Å². The average molecular weight is 225 g/mol. The summed E-state index contributed by atoms with van der Waals surface area (Å²) in [6, 6.07) is 3.83. The Bertz CT molecular complexity index is 418. The van der Waals surface area contributed by atoms with E-state index in [1.54, 1.807) is 6.92 Å². The monoisotopic (exact) mass is 225 g/mol. The highest BCUT2D eigenvalue weighted by atomic mass is 19.1. The molecule has 0 saturated carbocycles. The molecular formula is C11H12FNO3. The zero-order valence-electron chi connectivity index (χ0n) is 8.79. The van der Waals surface area contributed by atoms with Crippen LogP contribution in [0, 0.1) is 12.7 Å². The lowest BCUT2D eigenvalue weighted by Crippen LogP contribution is -2.26. The van der Waals surface area contributed by atoms with Crippen LogP contribution in [0.2, 0.25) is 0 Å². The summed E-state index contributed by atoms with van der Waals surface area (Å²) in [6.45, 7) is 1.68. The number of carboxylic acids is 1. The third kappa shape index (κ3) is 3.34. The fourth-order valence-corrected chi connectivity index (χ4v) is 1.26. The topological polar surface area (TPSA) is 66.4 Å². The summed E-state index contributed by atoms with van der Waals surface area (Å²) in [5.41, 5.74) is 0.875. The van der Waals surface area contributed by atoms with Crippen LogP contribution < -0.4 is 5.32 Å². The Balaban J connectivity index is 2.63. The normalized spacial score (nSPS) is 9.88. The summed E-state index contributed by atoms with van der Waals surface area (Å²) >= 11 is 0. The van der Waals surface area contributed by atoms with Crippen molar-refractivity contribution in [2.24, 2.45) is 0 Å². The van der Waals surface area contributed by atoms with Gasteiger partial charge in [-0.3, -0.25) is 9.59 Å². The third-order valence-electron chi connectivity index (χ3n) is 2.06. The third-order valence-corrected chi connectivity index (χ3v) is 2.06. The van der Waals surface area contributed by atoms with E-state index in [4.69, 9.17) is 5.11 Å². The molecule has 0 aliphatic rings. The van der Waals surface area contributed by atoms with Gasteiger partial charge in [-0.2, -0.15) is 0 Å². The molecule has 0 unspecified atom stereocenters. The highest BCUT2D eigenvalue weighted by molar-refractivity contribution is 5.95. The van der Waals surface area contributed by atoms with Gasteiger partial charge in [0.2, 0.25) is 0 Å². The van der Waals surface area contributed by atoms with Crippen molar-refractivity contribution in [3.63, 3.8) is 0 Å². The molecule has 1 aromatic rings. The second kappa shape index (κ2) is 5.25. The number of hydrogen-bond donors (Lipinski definition) is 2. The smallest absolute Gasteiger partial charge is 0.305 e. The Morgan fingerprint density at radius 2 is 2.12 bits per heavy atom. The molecule has 0 heterocycles.